The average molecular weight is 365 g/mol. The predicted molar refractivity (Wildman–Crippen MR) is 69.2 cm³/mol. The molecule has 0 aromatic heterocycles. The van der Waals surface area contributed by atoms with Crippen molar-refractivity contribution in [3.8, 4) is 6.07 Å². The molecule has 0 aliphatic heterocycles. The number of esters is 1. The highest BCUT2D eigenvalue weighted by atomic mass is 127. The van der Waals surface area contributed by atoms with Gasteiger partial charge < -0.3 is 4.74 Å². The van der Waals surface area contributed by atoms with Gasteiger partial charge in [-0.2, -0.15) is 5.26 Å². The molecule has 1 aromatic rings. The van der Waals surface area contributed by atoms with Gasteiger partial charge in [0.05, 0.1) is 24.7 Å². The Morgan fingerprint density at radius 3 is 2.72 bits per heavy atom. The number of halogens is 3. The van der Waals surface area contributed by atoms with Crippen LogP contribution in [0.25, 0.3) is 0 Å². The van der Waals surface area contributed by atoms with Crippen molar-refractivity contribution >= 4 is 28.6 Å². The van der Waals surface area contributed by atoms with Crippen LogP contribution < -0.4 is 0 Å². The third-order valence-electron chi connectivity index (χ3n) is 2.22. The molecule has 3 nitrogen and oxygen atoms in total. The molecule has 0 bridgehead atoms. The van der Waals surface area contributed by atoms with E-state index in [9.17, 15) is 13.6 Å². The van der Waals surface area contributed by atoms with Gasteiger partial charge in [0.15, 0.2) is 0 Å². The molecule has 0 unspecified atom stereocenters. The van der Waals surface area contributed by atoms with Gasteiger partial charge in [-0.05, 0) is 47.2 Å². The molecule has 6 heteroatoms. The van der Waals surface area contributed by atoms with E-state index in [2.05, 4.69) is 0 Å². The third kappa shape index (κ3) is 3.63. The van der Waals surface area contributed by atoms with Crippen molar-refractivity contribution in [3.63, 3.8) is 0 Å². The zero-order chi connectivity index (χ0) is 13.7. The summed E-state index contributed by atoms with van der Waals surface area (Å²) >= 11 is 1.84. The minimum Gasteiger partial charge on any atom is -0.466 e. The van der Waals surface area contributed by atoms with Gasteiger partial charge >= 0.3 is 5.97 Å². The first-order valence-corrected chi connectivity index (χ1v) is 6.23. The maximum Gasteiger partial charge on any atom is 0.310 e. The van der Waals surface area contributed by atoms with Crippen LogP contribution in [0.15, 0.2) is 12.1 Å². The molecule has 18 heavy (non-hydrogen) atoms. The van der Waals surface area contributed by atoms with Crippen molar-refractivity contribution in [1.29, 1.82) is 5.26 Å². The van der Waals surface area contributed by atoms with Crippen molar-refractivity contribution in [1.82, 2.24) is 0 Å². The van der Waals surface area contributed by atoms with Crippen LogP contribution in [-0.2, 0) is 16.0 Å². The first-order chi connectivity index (χ1) is 8.49. The molecule has 0 radical (unpaired) electrons. The standard InChI is InChI=1S/C12H10F2INO2/c1-2-18-11(17)5-8-9(12(13)14)3-7(6-16)4-10(8)15/h3-4,12H,2,5H2,1H3. The Labute approximate surface area is 117 Å². The summed E-state index contributed by atoms with van der Waals surface area (Å²) in [5.41, 5.74) is 0.0943. The van der Waals surface area contributed by atoms with E-state index in [1.54, 1.807) is 6.92 Å². The highest BCUT2D eigenvalue weighted by Crippen LogP contribution is 2.28. The summed E-state index contributed by atoms with van der Waals surface area (Å²) in [5.74, 6) is -0.554. The highest BCUT2D eigenvalue weighted by Gasteiger charge is 2.19. The van der Waals surface area contributed by atoms with Gasteiger partial charge in [0.25, 0.3) is 6.43 Å². The molecule has 0 saturated heterocycles. The van der Waals surface area contributed by atoms with E-state index in [4.69, 9.17) is 10.00 Å². The Kier molecular flexibility index (Phi) is 5.47. The second kappa shape index (κ2) is 6.64. The molecule has 0 saturated carbocycles. The number of benzene rings is 1. The fourth-order valence-electron chi connectivity index (χ4n) is 1.46. The van der Waals surface area contributed by atoms with E-state index in [1.165, 1.54) is 6.07 Å². The van der Waals surface area contributed by atoms with E-state index in [-0.39, 0.29) is 29.7 Å². The van der Waals surface area contributed by atoms with Gasteiger partial charge in [-0.15, -0.1) is 0 Å². The summed E-state index contributed by atoms with van der Waals surface area (Å²) in [5, 5.41) is 8.74. The molecule has 0 amide bonds. The van der Waals surface area contributed by atoms with Gasteiger partial charge in [-0.1, -0.05) is 0 Å². The molecule has 1 aromatic carbocycles. The van der Waals surface area contributed by atoms with Crippen molar-refractivity contribution < 1.29 is 18.3 Å². The van der Waals surface area contributed by atoms with Gasteiger partial charge in [0.2, 0.25) is 0 Å². The fraction of sp³-hybridized carbons (Fsp3) is 0.333. The molecule has 96 valence electrons. The minimum absolute atomic E-state index is 0.155. The number of nitriles is 1. The van der Waals surface area contributed by atoms with E-state index >= 15 is 0 Å². The Hall–Kier alpha value is -1.23. The second-order valence-corrected chi connectivity index (χ2v) is 4.58. The normalized spacial score (nSPS) is 10.2. The first kappa shape index (κ1) is 14.8. The second-order valence-electron chi connectivity index (χ2n) is 3.42. The number of rotatable bonds is 4. The molecule has 0 aliphatic rings. The van der Waals surface area contributed by atoms with E-state index in [0.29, 0.717) is 3.57 Å². The van der Waals surface area contributed by atoms with Crippen LogP contribution in [0.2, 0.25) is 0 Å². The zero-order valence-electron chi connectivity index (χ0n) is 9.54. The minimum atomic E-state index is -2.73. The maximum absolute atomic E-state index is 12.9. The summed E-state index contributed by atoms with van der Waals surface area (Å²) < 4.78 is 31.0. The highest BCUT2D eigenvalue weighted by molar-refractivity contribution is 14.1. The van der Waals surface area contributed by atoms with E-state index in [1.807, 2.05) is 28.7 Å². The molecule has 1 rings (SSSR count). The Morgan fingerprint density at radius 1 is 1.56 bits per heavy atom. The van der Waals surface area contributed by atoms with Crippen molar-refractivity contribution in [3.05, 3.63) is 32.4 Å². The van der Waals surface area contributed by atoms with Crippen LogP contribution in [0.4, 0.5) is 8.78 Å². The number of nitrogens with zero attached hydrogens (tertiary/aromatic N) is 1. The van der Waals surface area contributed by atoms with Gasteiger partial charge in [0, 0.05) is 9.13 Å². The maximum atomic E-state index is 12.9. The first-order valence-electron chi connectivity index (χ1n) is 5.15. The van der Waals surface area contributed by atoms with Crippen molar-refractivity contribution in [2.75, 3.05) is 6.61 Å². The lowest BCUT2D eigenvalue weighted by atomic mass is 10.0. The zero-order valence-corrected chi connectivity index (χ0v) is 11.7. The topological polar surface area (TPSA) is 50.1 Å². The quantitative estimate of drug-likeness (QED) is 0.608. The van der Waals surface area contributed by atoms with Gasteiger partial charge in [-0.25, -0.2) is 8.78 Å². The lowest BCUT2D eigenvalue weighted by Crippen LogP contribution is -2.11. The monoisotopic (exact) mass is 365 g/mol. The lowest BCUT2D eigenvalue weighted by molar-refractivity contribution is -0.142. The molecule has 0 atom stereocenters. The molecule has 0 spiro atoms. The van der Waals surface area contributed by atoms with Crippen LogP contribution >= 0.6 is 22.6 Å². The molecule has 0 N–H and O–H groups in total. The predicted octanol–water partition coefficient (Wildman–Crippen LogP) is 3.21. The summed E-state index contributed by atoms with van der Waals surface area (Å²) in [7, 11) is 0. The van der Waals surface area contributed by atoms with Crippen molar-refractivity contribution in [2.45, 2.75) is 19.8 Å². The van der Waals surface area contributed by atoms with Gasteiger partial charge in [0.1, 0.15) is 0 Å². The van der Waals surface area contributed by atoms with Crippen LogP contribution in [-0.4, -0.2) is 12.6 Å². The smallest absolute Gasteiger partial charge is 0.310 e. The lowest BCUT2D eigenvalue weighted by Gasteiger charge is -2.11. The van der Waals surface area contributed by atoms with Crippen molar-refractivity contribution in [2.24, 2.45) is 0 Å². The summed E-state index contributed by atoms with van der Waals surface area (Å²) in [4.78, 5) is 11.4. The number of carbonyl (C=O) groups excluding carboxylic acids is 1. The number of hydrogen-bond acceptors (Lipinski definition) is 3. The molecule has 0 fully saturated rings. The SMILES string of the molecule is CCOC(=O)Cc1c(I)cc(C#N)cc1C(F)F. The number of ether oxygens (including phenoxy) is 1. The van der Waals surface area contributed by atoms with Crippen LogP contribution in [0, 0.1) is 14.9 Å². The van der Waals surface area contributed by atoms with E-state index < -0.39 is 12.4 Å². The third-order valence-corrected chi connectivity index (χ3v) is 3.18. The van der Waals surface area contributed by atoms with Gasteiger partial charge in [-0.3, -0.25) is 4.79 Å². The Morgan fingerprint density at radius 2 is 2.22 bits per heavy atom. The molecule has 0 aliphatic carbocycles. The fourth-order valence-corrected chi connectivity index (χ4v) is 2.30. The summed E-state index contributed by atoms with van der Waals surface area (Å²) in [6.45, 7) is 1.85. The molecule has 0 heterocycles. The van der Waals surface area contributed by atoms with Crippen LogP contribution in [0.5, 0.6) is 0 Å². The number of carbonyl (C=O) groups is 1. The largest absolute Gasteiger partial charge is 0.466 e. The molecular formula is C12H10F2INO2. The Bertz CT molecular complexity index is 498. The average Bonchev–Trinajstić information content (AvgIpc) is 2.31. The van der Waals surface area contributed by atoms with Crippen LogP contribution in [0.1, 0.15) is 30.0 Å². The number of hydrogen-bond donors (Lipinski definition) is 0. The Balaban J connectivity index is 3.17. The van der Waals surface area contributed by atoms with E-state index in [0.717, 1.165) is 6.07 Å². The molecular weight excluding hydrogens is 355 g/mol. The number of alkyl halides is 2. The van der Waals surface area contributed by atoms with Crippen LogP contribution in [0.3, 0.4) is 0 Å². The summed E-state index contributed by atoms with van der Waals surface area (Å²) in [6, 6.07) is 4.40. The summed E-state index contributed by atoms with van der Waals surface area (Å²) in [6.07, 6.45) is -2.94.